The summed E-state index contributed by atoms with van der Waals surface area (Å²) in [4.78, 5) is 40.4. The molecular weight excluding hydrogens is 382 g/mol. The van der Waals surface area contributed by atoms with Crippen molar-refractivity contribution in [2.45, 2.75) is 33.6 Å². The molecule has 28 heavy (non-hydrogen) atoms. The van der Waals surface area contributed by atoms with Gasteiger partial charge in [-0.2, -0.15) is 0 Å². The number of halogens is 1. The summed E-state index contributed by atoms with van der Waals surface area (Å²) in [6.07, 6.45) is 1.04. The van der Waals surface area contributed by atoms with Crippen molar-refractivity contribution in [1.82, 2.24) is 9.80 Å². The first-order chi connectivity index (χ1) is 13.3. The van der Waals surface area contributed by atoms with Gasteiger partial charge in [0.05, 0.1) is 19.1 Å². The average Bonchev–Trinajstić information content (AvgIpc) is 2.68. The molecule has 154 valence electrons. The lowest BCUT2D eigenvalue weighted by atomic mass is 9.96. The fourth-order valence-corrected chi connectivity index (χ4v) is 3.43. The smallest absolute Gasteiger partial charge is 0.409 e. The van der Waals surface area contributed by atoms with Crippen LogP contribution in [0.25, 0.3) is 0 Å². The zero-order chi connectivity index (χ0) is 20.7. The second-order valence-electron chi connectivity index (χ2n) is 6.84. The maximum Gasteiger partial charge on any atom is 0.409 e. The number of likely N-dealkylation sites (N-methyl/N-ethyl adjacent to an activating group) is 1. The molecule has 1 fully saturated rings. The number of piperidine rings is 1. The standard InChI is InChI=1S/C20H28ClN3O4/c1-4-23(13-18(25)22-17-11-16(21)9-8-14(17)3)19(26)15-7-6-10-24(12-15)20(27)28-5-2/h8-9,11,15H,4-7,10,12-13H2,1-3H3,(H,22,25)/t15-/m1/s1. The van der Waals surface area contributed by atoms with Gasteiger partial charge in [-0.3, -0.25) is 9.59 Å². The van der Waals surface area contributed by atoms with E-state index in [4.69, 9.17) is 16.3 Å². The van der Waals surface area contributed by atoms with Crippen LogP contribution in [0.4, 0.5) is 10.5 Å². The fraction of sp³-hybridized carbons (Fsp3) is 0.550. The van der Waals surface area contributed by atoms with E-state index in [0.717, 1.165) is 12.0 Å². The van der Waals surface area contributed by atoms with Gasteiger partial charge in [-0.1, -0.05) is 17.7 Å². The predicted octanol–water partition coefficient (Wildman–Crippen LogP) is 3.30. The van der Waals surface area contributed by atoms with Crippen molar-refractivity contribution >= 4 is 35.2 Å². The van der Waals surface area contributed by atoms with Crippen molar-refractivity contribution in [3.63, 3.8) is 0 Å². The molecule has 7 nitrogen and oxygen atoms in total. The molecule has 8 heteroatoms. The molecule has 3 amide bonds. The van der Waals surface area contributed by atoms with Crippen LogP contribution in [0.5, 0.6) is 0 Å². The highest BCUT2D eigenvalue weighted by Crippen LogP contribution is 2.21. The molecule has 1 aliphatic rings. The molecule has 1 N–H and O–H groups in total. The summed E-state index contributed by atoms with van der Waals surface area (Å²) in [6.45, 7) is 7.05. The molecular formula is C20H28ClN3O4. The summed E-state index contributed by atoms with van der Waals surface area (Å²) in [5.41, 5.74) is 1.52. The quantitative estimate of drug-likeness (QED) is 0.781. The first-order valence-electron chi connectivity index (χ1n) is 9.62. The largest absolute Gasteiger partial charge is 0.450 e. The number of ether oxygens (including phenoxy) is 1. The van der Waals surface area contributed by atoms with Crippen LogP contribution in [-0.2, 0) is 14.3 Å². The second-order valence-corrected chi connectivity index (χ2v) is 7.28. The van der Waals surface area contributed by atoms with E-state index in [-0.39, 0.29) is 24.3 Å². The Morgan fingerprint density at radius 3 is 2.75 bits per heavy atom. The molecule has 0 radical (unpaired) electrons. The third-order valence-corrected chi connectivity index (χ3v) is 5.03. The van der Waals surface area contributed by atoms with Crippen molar-refractivity contribution in [2.75, 3.05) is 38.1 Å². The van der Waals surface area contributed by atoms with Gasteiger partial charge in [-0.25, -0.2) is 4.79 Å². The molecule has 1 saturated heterocycles. The number of likely N-dealkylation sites (tertiary alicyclic amines) is 1. The third kappa shape index (κ3) is 5.86. The van der Waals surface area contributed by atoms with Gasteiger partial charge in [0.25, 0.3) is 0 Å². The van der Waals surface area contributed by atoms with Crippen LogP contribution in [0.15, 0.2) is 18.2 Å². The zero-order valence-electron chi connectivity index (χ0n) is 16.7. The first kappa shape index (κ1) is 22.0. The Balaban J connectivity index is 1.97. The monoisotopic (exact) mass is 409 g/mol. The minimum atomic E-state index is -0.391. The minimum Gasteiger partial charge on any atom is -0.450 e. The Bertz CT molecular complexity index is 725. The first-order valence-corrected chi connectivity index (χ1v) is 10.00. The van der Waals surface area contributed by atoms with Crippen LogP contribution in [-0.4, -0.2) is 60.5 Å². The van der Waals surface area contributed by atoms with E-state index in [2.05, 4.69) is 5.32 Å². The average molecular weight is 410 g/mol. The summed E-state index contributed by atoms with van der Waals surface area (Å²) in [6, 6.07) is 5.27. The van der Waals surface area contributed by atoms with Gasteiger partial charge in [0, 0.05) is 30.3 Å². The topological polar surface area (TPSA) is 79.0 Å². The highest BCUT2D eigenvalue weighted by Gasteiger charge is 2.32. The molecule has 0 bridgehead atoms. The number of carbonyl (C=O) groups excluding carboxylic acids is 3. The van der Waals surface area contributed by atoms with E-state index in [1.54, 1.807) is 24.0 Å². The van der Waals surface area contributed by atoms with Crippen LogP contribution < -0.4 is 5.32 Å². The van der Waals surface area contributed by atoms with Crippen molar-refractivity contribution in [3.05, 3.63) is 28.8 Å². The van der Waals surface area contributed by atoms with Gasteiger partial charge in [-0.05, 0) is 51.3 Å². The number of carbonyl (C=O) groups is 3. The number of nitrogens with zero attached hydrogens (tertiary/aromatic N) is 2. The van der Waals surface area contributed by atoms with Gasteiger partial charge < -0.3 is 19.9 Å². The lowest BCUT2D eigenvalue weighted by Crippen LogP contribution is -2.48. The van der Waals surface area contributed by atoms with Crippen LogP contribution in [0, 0.1) is 12.8 Å². The molecule has 1 aromatic rings. The number of benzene rings is 1. The Morgan fingerprint density at radius 2 is 2.07 bits per heavy atom. The molecule has 1 atom stereocenters. The number of amides is 3. The summed E-state index contributed by atoms with van der Waals surface area (Å²) < 4.78 is 5.04. The Labute approximate surface area is 171 Å². The van der Waals surface area contributed by atoms with Gasteiger partial charge in [0.15, 0.2) is 0 Å². The van der Waals surface area contributed by atoms with E-state index in [1.807, 2.05) is 19.9 Å². The highest BCUT2D eigenvalue weighted by atomic mass is 35.5. The summed E-state index contributed by atoms with van der Waals surface area (Å²) in [7, 11) is 0. The number of anilines is 1. The van der Waals surface area contributed by atoms with Crippen molar-refractivity contribution in [2.24, 2.45) is 5.92 Å². The highest BCUT2D eigenvalue weighted by molar-refractivity contribution is 6.31. The molecule has 0 saturated carbocycles. The number of aryl methyl sites for hydroxylation is 1. The van der Waals surface area contributed by atoms with E-state index in [9.17, 15) is 14.4 Å². The molecule has 1 aromatic carbocycles. The molecule has 1 aliphatic heterocycles. The van der Waals surface area contributed by atoms with Crippen LogP contribution in [0.1, 0.15) is 32.3 Å². The van der Waals surface area contributed by atoms with Crippen LogP contribution in [0.3, 0.4) is 0 Å². The lowest BCUT2D eigenvalue weighted by Gasteiger charge is -2.34. The fourth-order valence-electron chi connectivity index (χ4n) is 3.26. The summed E-state index contributed by atoms with van der Waals surface area (Å²) >= 11 is 5.99. The Morgan fingerprint density at radius 1 is 1.32 bits per heavy atom. The Hall–Kier alpha value is -2.28. The summed E-state index contributed by atoms with van der Waals surface area (Å²) in [5, 5.41) is 3.35. The molecule has 0 spiro atoms. The normalized spacial score (nSPS) is 16.4. The van der Waals surface area contributed by atoms with Crippen LogP contribution in [0.2, 0.25) is 5.02 Å². The third-order valence-electron chi connectivity index (χ3n) is 4.80. The number of hydrogen-bond donors (Lipinski definition) is 1. The maximum atomic E-state index is 12.9. The SMILES string of the molecule is CCOC(=O)N1CCC[C@@H](C(=O)N(CC)CC(=O)Nc2cc(Cl)ccc2C)C1. The van der Waals surface area contributed by atoms with E-state index in [0.29, 0.717) is 43.4 Å². The van der Waals surface area contributed by atoms with E-state index < -0.39 is 6.09 Å². The number of nitrogens with one attached hydrogen (secondary N) is 1. The van der Waals surface area contributed by atoms with Crippen LogP contribution >= 0.6 is 11.6 Å². The van der Waals surface area contributed by atoms with Crippen molar-refractivity contribution in [3.8, 4) is 0 Å². The molecule has 0 aromatic heterocycles. The zero-order valence-corrected chi connectivity index (χ0v) is 17.4. The Kier molecular flexibility index (Phi) is 8.11. The van der Waals surface area contributed by atoms with Gasteiger partial charge >= 0.3 is 6.09 Å². The van der Waals surface area contributed by atoms with Gasteiger partial charge in [-0.15, -0.1) is 0 Å². The lowest BCUT2D eigenvalue weighted by molar-refractivity contribution is -0.139. The van der Waals surface area contributed by atoms with Gasteiger partial charge in [0.2, 0.25) is 11.8 Å². The van der Waals surface area contributed by atoms with E-state index in [1.165, 1.54) is 4.90 Å². The predicted molar refractivity (Wildman–Crippen MR) is 108 cm³/mol. The number of hydrogen-bond acceptors (Lipinski definition) is 4. The maximum absolute atomic E-state index is 12.9. The second kappa shape index (κ2) is 10.3. The van der Waals surface area contributed by atoms with Gasteiger partial charge in [0.1, 0.15) is 0 Å². The molecule has 2 rings (SSSR count). The van der Waals surface area contributed by atoms with Crippen molar-refractivity contribution in [1.29, 1.82) is 0 Å². The molecule has 1 heterocycles. The molecule has 0 aliphatic carbocycles. The molecule has 0 unspecified atom stereocenters. The van der Waals surface area contributed by atoms with E-state index >= 15 is 0 Å². The number of rotatable bonds is 6. The minimum absolute atomic E-state index is 0.0445. The van der Waals surface area contributed by atoms with Crippen molar-refractivity contribution < 1.29 is 19.1 Å². The summed E-state index contributed by atoms with van der Waals surface area (Å²) in [5.74, 6) is -0.716.